The zero-order valence-corrected chi connectivity index (χ0v) is 14.2. The molecule has 2 rings (SSSR count). The van der Waals surface area contributed by atoms with Crippen molar-refractivity contribution in [3.05, 3.63) is 64.7 Å². The second-order valence-corrected chi connectivity index (χ2v) is 5.96. The molecule has 0 atom stereocenters. The van der Waals surface area contributed by atoms with E-state index in [1.807, 2.05) is 51.1 Å². The minimum Gasteiger partial charge on any atom is -0.491 e. The molecule has 0 radical (unpaired) electrons. The summed E-state index contributed by atoms with van der Waals surface area (Å²) in [4.78, 5) is 12.0. The number of carbonyl (C=O) groups is 1. The van der Waals surface area contributed by atoms with Crippen LogP contribution in [0.25, 0.3) is 6.08 Å². The molecule has 0 aliphatic rings. The number of ether oxygens (including phenoxy) is 1. The lowest BCUT2D eigenvalue weighted by Crippen LogP contribution is -2.08. The van der Waals surface area contributed by atoms with Crippen molar-refractivity contribution in [3.8, 4) is 5.75 Å². The lowest BCUT2D eigenvalue weighted by atomic mass is 10.2. The molecule has 3 nitrogen and oxygen atoms in total. The first-order valence-corrected chi connectivity index (χ1v) is 7.84. The third kappa shape index (κ3) is 5.46. The Kier molecular flexibility index (Phi) is 5.83. The van der Waals surface area contributed by atoms with E-state index in [4.69, 9.17) is 16.3 Å². The van der Waals surface area contributed by atoms with Gasteiger partial charge < -0.3 is 10.1 Å². The summed E-state index contributed by atoms with van der Waals surface area (Å²) in [6.45, 7) is 5.85. The third-order valence-electron chi connectivity index (χ3n) is 3.10. The molecule has 4 heteroatoms. The maximum Gasteiger partial charge on any atom is 0.248 e. The first-order chi connectivity index (χ1) is 10.9. The topological polar surface area (TPSA) is 38.3 Å². The molecule has 1 amide bonds. The number of amides is 1. The van der Waals surface area contributed by atoms with E-state index in [9.17, 15) is 4.79 Å². The molecule has 1 N–H and O–H groups in total. The highest BCUT2D eigenvalue weighted by molar-refractivity contribution is 6.30. The molecule has 0 aromatic heterocycles. The highest BCUT2D eigenvalue weighted by Gasteiger charge is 2.03. The van der Waals surface area contributed by atoms with Crippen molar-refractivity contribution in [1.82, 2.24) is 0 Å². The highest BCUT2D eigenvalue weighted by atomic mass is 35.5. The molecule has 0 fully saturated rings. The Bertz CT molecular complexity index is 723. The summed E-state index contributed by atoms with van der Waals surface area (Å²) < 4.78 is 5.64. The van der Waals surface area contributed by atoms with Crippen LogP contribution in [0.3, 0.4) is 0 Å². The SMILES string of the molecule is Cc1cc(Cl)ccc1NC(=O)/C=C/c1cccc(OC(C)C)c1. The summed E-state index contributed by atoms with van der Waals surface area (Å²) in [6.07, 6.45) is 3.38. The van der Waals surface area contributed by atoms with Crippen molar-refractivity contribution in [2.75, 3.05) is 5.32 Å². The minimum atomic E-state index is -0.189. The van der Waals surface area contributed by atoms with Gasteiger partial charge in [0, 0.05) is 16.8 Å². The van der Waals surface area contributed by atoms with E-state index >= 15 is 0 Å². The van der Waals surface area contributed by atoms with Crippen molar-refractivity contribution in [2.45, 2.75) is 26.9 Å². The van der Waals surface area contributed by atoms with E-state index < -0.39 is 0 Å². The van der Waals surface area contributed by atoms with Gasteiger partial charge in [-0.15, -0.1) is 0 Å². The Hall–Kier alpha value is -2.26. The summed E-state index contributed by atoms with van der Waals surface area (Å²) in [6, 6.07) is 13.0. The van der Waals surface area contributed by atoms with Crippen molar-refractivity contribution in [1.29, 1.82) is 0 Å². The molecule has 0 aliphatic heterocycles. The largest absolute Gasteiger partial charge is 0.491 e. The molecule has 23 heavy (non-hydrogen) atoms. The number of carbonyl (C=O) groups excluding carboxylic acids is 1. The van der Waals surface area contributed by atoms with Crippen molar-refractivity contribution in [3.63, 3.8) is 0 Å². The third-order valence-corrected chi connectivity index (χ3v) is 3.34. The zero-order chi connectivity index (χ0) is 16.8. The van der Waals surface area contributed by atoms with Gasteiger partial charge in [-0.2, -0.15) is 0 Å². The number of hydrogen-bond acceptors (Lipinski definition) is 2. The number of rotatable bonds is 5. The van der Waals surface area contributed by atoms with Crippen molar-refractivity contribution < 1.29 is 9.53 Å². The second kappa shape index (κ2) is 7.84. The second-order valence-electron chi connectivity index (χ2n) is 5.52. The molecule has 120 valence electrons. The number of benzene rings is 2. The first-order valence-electron chi connectivity index (χ1n) is 7.46. The van der Waals surface area contributed by atoms with E-state index in [2.05, 4.69) is 5.32 Å². The van der Waals surface area contributed by atoms with Gasteiger partial charge in [0.15, 0.2) is 0 Å². The fraction of sp³-hybridized carbons (Fsp3) is 0.211. The summed E-state index contributed by atoms with van der Waals surface area (Å²) in [5, 5.41) is 3.49. The molecule has 0 aliphatic carbocycles. The van der Waals surface area contributed by atoms with Crippen molar-refractivity contribution >= 4 is 29.3 Å². The molecule has 0 spiro atoms. The standard InChI is InChI=1S/C19H20ClNO2/c1-13(2)23-17-6-4-5-15(12-17)7-10-19(22)21-18-9-8-16(20)11-14(18)3/h4-13H,1-3H3,(H,21,22)/b10-7+. The van der Waals surface area contributed by atoms with Crippen LogP contribution in [0.15, 0.2) is 48.5 Å². The van der Waals surface area contributed by atoms with Gasteiger partial charge in [-0.3, -0.25) is 4.79 Å². The summed E-state index contributed by atoms with van der Waals surface area (Å²) >= 11 is 5.91. The van der Waals surface area contributed by atoms with Crippen LogP contribution >= 0.6 is 11.6 Å². The maximum atomic E-state index is 12.0. The van der Waals surface area contributed by atoms with E-state index in [1.54, 1.807) is 18.2 Å². The van der Waals surface area contributed by atoms with Gasteiger partial charge in [-0.1, -0.05) is 23.7 Å². The number of halogens is 1. The Morgan fingerprint density at radius 2 is 2.00 bits per heavy atom. The van der Waals surface area contributed by atoms with Gasteiger partial charge in [0.05, 0.1) is 6.10 Å². The van der Waals surface area contributed by atoms with Gasteiger partial charge in [-0.25, -0.2) is 0 Å². The van der Waals surface area contributed by atoms with Gasteiger partial charge >= 0.3 is 0 Å². The van der Waals surface area contributed by atoms with E-state index in [1.165, 1.54) is 6.08 Å². The van der Waals surface area contributed by atoms with Gasteiger partial charge in [0.25, 0.3) is 0 Å². The molecule has 0 saturated heterocycles. The number of nitrogens with one attached hydrogen (secondary N) is 1. The molecule has 2 aromatic rings. The van der Waals surface area contributed by atoms with Crippen LogP contribution in [0.1, 0.15) is 25.0 Å². The van der Waals surface area contributed by atoms with Crippen LogP contribution in [-0.2, 0) is 4.79 Å². The maximum absolute atomic E-state index is 12.0. The molecule has 2 aromatic carbocycles. The fourth-order valence-electron chi connectivity index (χ4n) is 2.08. The number of aryl methyl sites for hydroxylation is 1. The predicted octanol–water partition coefficient (Wildman–Crippen LogP) is 5.09. The monoisotopic (exact) mass is 329 g/mol. The van der Waals surface area contributed by atoms with Crippen LogP contribution < -0.4 is 10.1 Å². The molecular weight excluding hydrogens is 310 g/mol. The average Bonchev–Trinajstić information content (AvgIpc) is 2.48. The van der Waals surface area contributed by atoms with Gasteiger partial charge in [0.2, 0.25) is 5.91 Å². The van der Waals surface area contributed by atoms with E-state index in [0.717, 1.165) is 22.6 Å². The Balaban J connectivity index is 2.03. The Morgan fingerprint density at radius 1 is 1.22 bits per heavy atom. The minimum absolute atomic E-state index is 0.116. The number of hydrogen-bond donors (Lipinski definition) is 1. The van der Waals surface area contributed by atoms with Crippen LogP contribution in [0, 0.1) is 6.92 Å². The first kappa shape index (κ1) is 17.1. The van der Waals surface area contributed by atoms with Gasteiger partial charge in [0.1, 0.15) is 5.75 Å². The predicted molar refractivity (Wildman–Crippen MR) is 96.1 cm³/mol. The van der Waals surface area contributed by atoms with E-state index in [0.29, 0.717) is 5.02 Å². The Labute approximate surface area is 141 Å². The molecule has 0 bridgehead atoms. The molecular formula is C19H20ClNO2. The van der Waals surface area contributed by atoms with Gasteiger partial charge in [-0.05, 0) is 68.3 Å². The number of anilines is 1. The summed E-state index contributed by atoms with van der Waals surface area (Å²) in [5.41, 5.74) is 2.58. The quantitative estimate of drug-likeness (QED) is 0.776. The molecule has 0 unspecified atom stereocenters. The molecule has 0 saturated carbocycles. The van der Waals surface area contributed by atoms with Crippen LogP contribution in [0.4, 0.5) is 5.69 Å². The smallest absolute Gasteiger partial charge is 0.248 e. The van der Waals surface area contributed by atoms with Crippen LogP contribution in [-0.4, -0.2) is 12.0 Å². The lowest BCUT2D eigenvalue weighted by molar-refractivity contribution is -0.111. The van der Waals surface area contributed by atoms with Crippen molar-refractivity contribution in [2.24, 2.45) is 0 Å². The fourth-order valence-corrected chi connectivity index (χ4v) is 2.30. The lowest BCUT2D eigenvalue weighted by Gasteiger charge is -2.09. The molecule has 0 heterocycles. The highest BCUT2D eigenvalue weighted by Crippen LogP contribution is 2.20. The summed E-state index contributed by atoms with van der Waals surface area (Å²) in [5.74, 6) is 0.599. The summed E-state index contributed by atoms with van der Waals surface area (Å²) in [7, 11) is 0. The van der Waals surface area contributed by atoms with E-state index in [-0.39, 0.29) is 12.0 Å². The van der Waals surface area contributed by atoms with Crippen LogP contribution in [0.5, 0.6) is 5.75 Å². The average molecular weight is 330 g/mol. The van der Waals surface area contributed by atoms with Crippen LogP contribution in [0.2, 0.25) is 5.02 Å². The normalized spacial score (nSPS) is 11.0. The Morgan fingerprint density at radius 3 is 2.70 bits per heavy atom. The zero-order valence-electron chi connectivity index (χ0n) is 13.5.